The molecule has 174 valence electrons. The number of anilines is 1. The summed E-state index contributed by atoms with van der Waals surface area (Å²) in [6.07, 6.45) is 2.46. The van der Waals surface area contributed by atoms with Gasteiger partial charge in [-0.2, -0.15) is 4.31 Å². The summed E-state index contributed by atoms with van der Waals surface area (Å²) in [5, 5.41) is 2.80. The average Bonchev–Trinajstić information content (AvgIpc) is 2.80. The number of carbonyl (C=O) groups is 1. The molecule has 32 heavy (non-hydrogen) atoms. The third-order valence-corrected chi connectivity index (χ3v) is 7.70. The van der Waals surface area contributed by atoms with Gasteiger partial charge >= 0.3 is 0 Å². The van der Waals surface area contributed by atoms with Crippen molar-refractivity contribution in [2.24, 2.45) is 0 Å². The fourth-order valence-electron chi connectivity index (χ4n) is 3.70. The summed E-state index contributed by atoms with van der Waals surface area (Å²) in [7, 11) is -2.28. The fourth-order valence-corrected chi connectivity index (χ4v) is 5.40. The van der Waals surface area contributed by atoms with Crippen LogP contribution in [0.15, 0.2) is 41.3 Å². The summed E-state index contributed by atoms with van der Waals surface area (Å²) in [6, 6.07) is 10.4. The van der Waals surface area contributed by atoms with Crippen LogP contribution in [0.25, 0.3) is 0 Å². The lowest BCUT2D eigenvalue weighted by Crippen LogP contribution is -2.36. The van der Waals surface area contributed by atoms with E-state index in [2.05, 4.69) is 5.32 Å². The van der Waals surface area contributed by atoms with E-state index in [0.29, 0.717) is 30.9 Å². The third-order valence-electron chi connectivity index (χ3n) is 5.78. The number of carbonyl (C=O) groups excluding carboxylic acids is 1. The molecule has 0 spiro atoms. The molecule has 0 aliphatic carbocycles. The molecule has 1 fully saturated rings. The van der Waals surface area contributed by atoms with Gasteiger partial charge in [-0.05, 0) is 74.6 Å². The van der Waals surface area contributed by atoms with Crippen molar-refractivity contribution in [3.05, 3.63) is 47.5 Å². The number of benzene rings is 2. The molecule has 1 heterocycles. The first kappa shape index (κ1) is 24.1. The highest BCUT2D eigenvalue weighted by Crippen LogP contribution is 2.31. The minimum Gasteiger partial charge on any atom is -0.495 e. The van der Waals surface area contributed by atoms with E-state index in [1.165, 1.54) is 17.5 Å². The van der Waals surface area contributed by atoms with Crippen LogP contribution in [-0.2, 0) is 14.8 Å². The van der Waals surface area contributed by atoms with Gasteiger partial charge in [-0.15, -0.1) is 0 Å². The topological polar surface area (TPSA) is 84.9 Å². The van der Waals surface area contributed by atoms with Crippen LogP contribution in [0.5, 0.6) is 11.5 Å². The van der Waals surface area contributed by atoms with E-state index in [1.807, 2.05) is 39.0 Å². The fraction of sp³-hybridized carbons (Fsp3) is 0.458. The predicted molar refractivity (Wildman–Crippen MR) is 125 cm³/mol. The predicted octanol–water partition coefficient (Wildman–Crippen LogP) is 4.28. The molecule has 0 saturated carbocycles. The van der Waals surface area contributed by atoms with E-state index < -0.39 is 16.1 Å². The van der Waals surface area contributed by atoms with Crippen molar-refractivity contribution in [2.45, 2.75) is 57.5 Å². The molecule has 8 heteroatoms. The van der Waals surface area contributed by atoms with Gasteiger partial charge in [-0.25, -0.2) is 8.42 Å². The Morgan fingerprint density at radius 3 is 2.41 bits per heavy atom. The maximum Gasteiger partial charge on any atom is 0.265 e. The molecule has 2 aromatic rings. The summed E-state index contributed by atoms with van der Waals surface area (Å²) in [6.45, 7) is 6.85. The molecule has 1 N–H and O–H groups in total. The second-order valence-corrected chi connectivity index (χ2v) is 9.99. The lowest BCUT2D eigenvalue weighted by molar-refractivity contribution is -0.122. The van der Waals surface area contributed by atoms with Gasteiger partial charge in [0.05, 0.1) is 7.11 Å². The summed E-state index contributed by atoms with van der Waals surface area (Å²) < 4.78 is 39.1. The van der Waals surface area contributed by atoms with Crippen LogP contribution in [0.2, 0.25) is 0 Å². The summed E-state index contributed by atoms with van der Waals surface area (Å²) in [5.74, 6) is 0.544. The van der Waals surface area contributed by atoms with Crippen molar-refractivity contribution in [1.82, 2.24) is 4.31 Å². The van der Waals surface area contributed by atoms with Gasteiger partial charge in [0, 0.05) is 18.8 Å². The van der Waals surface area contributed by atoms with Gasteiger partial charge in [0.25, 0.3) is 5.91 Å². The maximum absolute atomic E-state index is 13.2. The Morgan fingerprint density at radius 2 is 1.78 bits per heavy atom. The molecular weight excluding hydrogens is 428 g/mol. The van der Waals surface area contributed by atoms with Gasteiger partial charge in [-0.3, -0.25) is 4.79 Å². The molecule has 1 aliphatic heterocycles. The van der Waals surface area contributed by atoms with Crippen LogP contribution >= 0.6 is 0 Å². The van der Waals surface area contributed by atoms with Crippen LogP contribution in [0, 0.1) is 13.8 Å². The van der Waals surface area contributed by atoms with Crippen molar-refractivity contribution in [2.75, 3.05) is 25.5 Å². The Bertz CT molecular complexity index is 1060. The number of ether oxygens (including phenoxy) is 2. The SMILES string of the molecule is CCC(Oc1ccc(C)c(C)c1)C(=O)Nc1ccc(OC)c(S(=O)(=O)N2CCCCC2)c1. The Labute approximate surface area is 190 Å². The molecule has 0 bridgehead atoms. The summed E-state index contributed by atoms with van der Waals surface area (Å²) in [4.78, 5) is 12.9. The van der Waals surface area contributed by atoms with E-state index in [1.54, 1.807) is 12.1 Å². The molecular formula is C24H32N2O5S. The van der Waals surface area contributed by atoms with Crippen LogP contribution < -0.4 is 14.8 Å². The zero-order chi connectivity index (χ0) is 23.3. The number of rotatable bonds is 8. The van der Waals surface area contributed by atoms with E-state index in [4.69, 9.17) is 9.47 Å². The first-order valence-electron chi connectivity index (χ1n) is 11.0. The molecule has 1 saturated heterocycles. The second-order valence-electron chi connectivity index (χ2n) is 8.08. The highest BCUT2D eigenvalue weighted by Gasteiger charge is 2.29. The lowest BCUT2D eigenvalue weighted by atomic mass is 10.1. The number of aryl methyl sites for hydroxylation is 2. The Balaban J connectivity index is 1.80. The van der Waals surface area contributed by atoms with Gasteiger partial charge in [0.15, 0.2) is 6.10 Å². The molecule has 0 radical (unpaired) electrons. The Hall–Kier alpha value is -2.58. The molecule has 1 atom stereocenters. The van der Waals surface area contributed by atoms with Gasteiger partial charge in [-0.1, -0.05) is 19.4 Å². The first-order chi connectivity index (χ1) is 15.3. The highest BCUT2D eigenvalue weighted by atomic mass is 32.2. The summed E-state index contributed by atoms with van der Waals surface area (Å²) in [5.41, 5.74) is 2.62. The van der Waals surface area contributed by atoms with Gasteiger partial charge in [0.1, 0.15) is 16.4 Å². The first-order valence-corrected chi connectivity index (χ1v) is 12.4. The van der Waals surface area contributed by atoms with E-state index >= 15 is 0 Å². The molecule has 1 aliphatic rings. The quantitative estimate of drug-likeness (QED) is 0.635. The van der Waals surface area contributed by atoms with Crippen LogP contribution in [0.1, 0.15) is 43.7 Å². The molecule has 1 unspecified atom stereocenters. The molecule has 7 nitrogen and oxygen atoms in total. The van der Waals surface area contributed by atoms with Crippen molar-refractivity contribution in [3.63, 3.8) is 0 Å². The molecule has 2 aromatic carbocycles. The zero-order valence-electron chi connectivity index (χ0n) is 19.2. The third kappa shape index (κ3) is 5.42. The van der Waals surface area contributed by atoms with E-state index in [9.17, 15) is 13.2 Å². The largest absolute Gasteiger partial charge is 0.495 e. The zero-order valence-corrected chi connectivity index (χ0v) is 20.0. The average molecular weight is 461 g/mol. The number of amides is 1. The minimum atomic E-state index is -3.72. The maximum atomic E-state index is 13.2. The van der Waals surface area contributed by atoms with Crippen LogP contribution in [0.3, 0.4) is 0 Å². The standard InChI is InChI=1S/C24H32N2O5S/c1-5-21(31-20-11-9-17(2)18(3)15-20)24(27)25-19-10-12-22(30-4)23(16-19)32(28,29)26-13-7-6-8-14-26/h9-12,15-16,21H,5-8,13-14H2,1-4H3,(H,25,27). The summed E-state index contributed by atoms with van der Waals surface area (Å²) >= 11 is 0. The second kappa shape index (κ2) is 10.4. The number of nitrogens with one attached hydrogen (secondary N) is 1. The number of sulfonamides is 1. The molecule has 1 amide bonds. The van der Waals surface area contributed by atoms with Crippen LogP contribution in [0.4, 0.5) is 5.69 Å². The Morgan fingerprint density at radius 1 is 1.06 bits per heavy atom. The number of methoxy groups -OCH3 is 1. The smallest absolute Gasteiger partial charge is 0.265 e. The van der Waals surface area contributed by atoms with Crippen molar-refractivity contribution in [3.8, 4) is 11.5 Å². The number of hydrogen-bond acceptors (Lipinski definition) is 5. The molecule has 0 aromatic heterocycles. The number of nitrogens with zero attached hydrogens (tertiary/aromatic N) is 1. The number of hydrogen-bond donors (Lipinski definition) is 1. The van der Waals surface area contributed by atoms with Crippen molar-refractivity contribution < 1.29 is 22.7 Å². The number of piperidine rings is 1. The minimum absolute atomic E-state index is 0.0582. The van der Waals surface area contributed by atoms with Gasteiger partial charge < -0.3 is 14.8 Å². The monoisotopic (exact) mass is 460 g/mol. The lowest BCUT2D eigenvalue weighted by Gasteiger charge is -2.26. The van der Waals surface area contributed by atoms with E-state index in [-0.39, 0.29) is 16.6 Å². The van der Waals surface area contributed by atoms with Crippen LogP contribution in [-0.4, -0.2) is 44.9 Å². The molecule has 3 rings (SSSR count). The normalized spacial score (nSPS) is 15.8. The van der Waals surface area contributed by atoms with Crippen molar-refractivity contribution >= 4 is 21.6 Å². The van der Waals surface area contributed by atoms with E-state index in [0.717, 1.165) is 30.4 Å². The Kier molecular flexibility index (Phi) is 7.79. The highest BCUT2D eigenvalue weighted by molar-refractivity contribution is 7.89. The van der Waals surface area contributed by atoms with Gasteiger partial charge in [0.2, 0.25) is 10.0 Å². The van der Waals surface area contributed by atoms with Crippen molar-refractivity contribution in [1.29, 1.82) is 0 Å².